The second-order valence-electron chi connectivity index (χ2n) is 2.91. The van der Waals surface area contributed by atoms with Crippen LogP contribution in [-0.2, 0) is 0 Å². The van der Waals surface area contributed by atoms with Crippen molar-refractivity contribution in [3.05, 3.63) is 23.8 Å². The molecule has 4 N–H and O–H groups in total. The Labute approximate surface area is 89.6 Å². The molecule has 2 rings (SSSR count). The van der Waals surface area contributed by atoms with Gasteiger partial charge in [0.05, 0.1) is 6.21 Å². The van der Waals surface area contributed by atoms with E-state index in [1.165, 1.54) is 24.4 Å². The predicted molar refractivity (Wildman–Crippen MR) is 55.0 cm³/mol. The zero-order valence-corrected chi connectivity index (χ0v) is 8.02. The van der Waals surface area contributed by atoms with Crippen LogP contribution in [0.4, 0.5) is 5.95 Å². The Morgan fingerprint density at radius 2 is 2.19 bits per heavy atom. The number of benzene rings is 1. The molecule has 0 unspecified atom stereocenters. The molecule has 0 aliphatic rings. The minimum absolute atomic E-state index is 0.0309. The summed E-state index contributed by atoms with van der Waals surface area (Å²) < 4.78 is 0. The van der Waals surface area contributed by atoms with Crippen molar-refractivity contribution in [3.63, 3.8) is 0 Å². The first kappa shape index (κ1) is 9.90. The van der Waals surface area contributed by atoms with E-state index in [9.17, 15) is 5.11 Å². The predicted octanol–water partition coefficient (Wildman–Crippen LogP) is -0.451. The molecule has 0 bridgehead atoms. The summed E-state index contributed by atoms with van der Waals surface area (Å²) in [6, 6.07) is 4.11. The molecule has 16 heavy (non-hydrogen) atoms. The third-order valence-corrected chi connectivity index (χ3v) is 1.80. The summed E-state index contributed by atoms with van der Waals surface area (Å²) in [5.74, 6) is -0.0958. The monoisotopic (exact) mass is 220 g/mol. The highest BCUT2D eigenvalue weighted by Crippen LogP contribution is 2.20. The molecule has 0 saturated heterocycles. The van der Waals surface area contributed by atoms with Crippen LogP contribution in [0, 0.1) is 0 Å². The molecule has 1 heterocycles. The van der Waals surface area contributed by atoms with E-state index in [2.05, 4.69) is 20.6 Å². The highest BCUT2D eigenvalue weighted by Gasteiger charge is 2.01. The van der Waals surface area contributed by atoms with Gasteiger partial charge in [0.15, 0.2) is 0 Å². The summed E-state index contributed by atoms with van der Waals surface area (Å²) in [6.07, 6.45) is 1.32. The highest BCUT2D eigenvalue weighted by atomic mass is 16.3. The van der Waals surface area contributed by atoms with E-state index >= 15 is 0 Å². The Morgan fingerprint density at radius 1 is 1.38 bits per heavy atom. The molecule has 8 nitrogen and oxygen atoms in total. The van der Waals surface area contributed by atoms with E-state index < -0.39 is 0 Å². The van der Waals surface area contributed by atoms with Crippen molar-refractivity contribution < 1.29 is 10.2 Å². The normalized spacial score (nSPS) is 11.0. The van der Waals surface area contributed by atoms with Crippen LogP contribution in [0.1, 0.15) is 5.56 Å². The zero-order chi connectivity index (χ0) is 11.5. The number of aromatic hydroxyl groups is 2. The number of hydrogen-bond donors (Lipinski definition) is 3. The largest absolute Gasteiger partial charge is 0.508 e. The van der Waals surface area contributed by atoms with Crippen molar-refractivity contribution in [2.45, 2.75) is 0 Å². The van der Waals surface area contributed by atoms with Gasteiger partial charge >= 0.3 is 0 Å². The summed E-state index contributed by atoms with van der Waals surface area (Å²) >= 11 is 0. The molecule has 2 aromatic rings. The van der Waals surface area contributed by atoms with E-state index in [0.29, 0.717) is 5.56 Å². The van der Waals surface area contributed by atoms with Crippen LogP contribution in [0.15, 0.2) is 23.3 Å². The van der Waals surface area contributed by atoms with Gasteiger partial charge in [0.2, 0.25) is 0 Å². The second kappa shape index (κ2) is 3.85. The van der Waals surface area contributed by atoms with Gasteiger partial charge in [0.1, 0.15) is 11.5 Å². The molecule has 1 aromatic heterocycles. The molecule has 8 heteroatoms. The number of phenols is 2. The molecule has 0 saturated carbocycles. The number of nitrogens with zero attached hydrogens (tertiary/aromatic N) is 5. The molecule has 0 fully saturated rings. The maximum absolute atomic E-state index is 9.45. The molecule has 82 valence electrons. The van der Waals surface area contributed by atoms with Crippen LogP contribution in [0.3, 0.4) is 0 Å². The zero-order valence-electron chi connectivity index (χ0n) is 8.02. The fraction of sp³-hybridized carbons (Fsp3) is 0. The SMILES string of the molecule is Nc1nnnn1/N=C\c1ccc(O)cc1O. The first-order valence-electron chi connectivity index (χ1n) is 4.27. The number of rotatable bonds is 2. The van der Waals surface area contributed by atoms with E-state index in [4.69, 9.17) is 10.8 Å². The lowest BCUT2D eigenvalue weighted by molar-refractivity contribution is 0.450. The molecular formula is C8H8N6O2. The lowest BCUT2D eigenvalue weighted by Crippen LogP contribution is -1.99. The summed E-state index contributed by atoms with van der Waals surface area (Å²) in [5, 5.41) is 32.5. The number of aromatic nitrogens is 4. The molecule has 0 radical (unpaired) electrons. The number of nitrogens with two attached hydrogens (primary N) is 1. The van der Waals surface area contributed by atoms with Gasteiger partial charge in [-0.05, 0) is 22.6 Å². The number of anilines is 1. The van der Waals surface area contributed by atoms with Gasteiger partial charge < -0.3 is 15.9 Å². The van der Waals surface area contributed by atoms with Gasteiger partial charge in [-0.2, -0.15) is 5.10 Å². The fourth-order valence-corrected chi connectivity index (χ4v) is 1.03. The smallest absolute Gasteiger partial charge is 0.263 e. The minimum Gasteiger partial charge on any atom is -0.508 e. The van der Waals surface area contributed by atoms with Crippen molar-refractivity contribution in [3.8, 4) is 11.5 Å². The number of phenolic OH excluding ortho intramolecular Hbond substituents is 2. The first-order chi connectivity index (χ1) is 7.66. The second-order valence-corrected chi connectivity index (χ2v) is 2.91. The Kier molecular flexibility index (Phi) is 2.38. The number of nitrogen functional groups attached to an aromatic ring is 1. The summed E-state index contributed by atoms with van der Waals surface area (Å²) in [5.41, 5.74) is 5.79. The Morgan fingerprint density at radius 3 is 2.81 bits per heavy atom. The number of hydrogen-bond acceptors (Lipinski definition) is 7. The Hall–Kier alpha value is -2.64. The van der Waals surface area contributed by atoms with Crippen molar-refractivity contribution in [1.29, 1.82) is 0 Å². The summed E-state index contributed by atoms with van der Waals surface area (Å²) in [7, 11) is 0. The Balaban J connectivity index is 2.27. The van der Waals surface area contributed by atoms with Crippen molar-refractivity contribution in [2.75, 3.05) is 5.73 Å². The average Bonchev–Trinajstić information content (AvgIpc) is 2.63. The van der Waals surface area contributed by atoms with Crippen LogP contribution in [0.5, 0.6) is 11.5 Å². The minimum atomic E-state index is -0.101. The summed E-state index contributed by atoms with van der Waals surface area (Å²) in [6.45, 7) is 0. The van der Waals surface area contributed by atoms with E-state index in [1.807, 2.05) is 0 Å². The van der Waals surface area contributed by atoms with Gasteiger partial charge in [-0.1, -0.05) is 9.89 Å². The van der Waals surface area contributed by atoms with Crippen molar-refractivity contribution >= 4 is 12.2 Å². The maximum Gasteiger partial charge on any atom is 0.263 e. The van der Waals surface area contributed by atoms with Gasteiger partial charge in [-0.15, -0.1) is 0 Å². The van der Waals surface area contributed by atoms with E-state index in [1.54, 1.807) is 0 Å². The Bertz CT molecular complexity index is 535. The third kappa shape index (κ3) is 1.90. The van der Waals surface area contributed by atoms with Gasteiger partial charge in [0, 0.05) is 11.6 Å². The fourth-order valence-electron chi connectivity index (χ4n) is 1.03. The van der Waals surface area contributed by atoms with Crippen LogP contribution in [-0.4, -0.2) is 36.7 Å². The maximum atomic E-state index is 9.45. The lowest BCUT2D eigenvalue weighted by Gasteiger charge is -1.98. The van der Waals surface area contributed by atoms with Crippen molar-refractivity contribution in [2.24, 2.45) is 5.10 Å². The van der Waals surface area contributed by atoms with Crippen LogP contribution < -0.4 is 5.73 Å². The number of tetrazole rings is 1. The van der Waals surface area contributed by atoms with Gasteiger partial charge in [-0.3, -0.25) is 0 Å². The van der Waals surface area contributed by atoms with Crippen LogP contribution >= 0.6 is 0 Å². The van der Waals surface area contributed by atoms with Gasteiger partial charge in [-0.25, -0.2) is 0 Å². The summed E-state index contributed by atoms with van der Waals surface area (Å²) in [4.78, 5) is 1.01. The topological polar surface area (TPSA) is 122 Å². The van der Waals surface area contributed by atoms with Crippen LogP contribution in [0.25, 0.3) is 0 Å². The van der Waals surface area contributed by atoms with Crippen LogP contribution in [0.2, 0.25) is 0 Å². The molecule has 0 aliphatic carbocycles. The van der Waals surface area contributed by atoms with E-state index in [-0.39, 0.29) is 17.4 Å². The standard InChI is InChI=1S/C8H8N6O2/c9-8-11-12-13-14(8)10-4-5-1-2-6(15)3-7(5)16/h1-4,15-16H,(H2,9,11,13)/b10-4-. The van der Waals surface area contributed by atoms with Crippen molar-refractivity contribution in [1.82, 2.24) is 20.3 Å². The molecule has 0 amide bonds. The first-order valence-corrected chi connectivity index (χ1v) is 4.27. The average molecular weight is 220 g/mol. The quantitative estimate of drug-likeness (QED) is 0.589. The molecular weight excluding hydrogens is 212 g/mol. The van der Waals surface area contributed by atoms with E-state index in [0.717, 1.165) is 4.79 Å². The molecule has 0 atom stereocenters. The lowest BCUT2D eigenvalue weighted by atomic mass is 10.2. The molecule has 1 aromatic carbocycles. The molecule has 0 spiro atoms. The molecule has 0 aliphatic heterocycles. The van der Waals surface area contributed by atoms with Gasteiger partial charge in [0.25, 0.3) is 5.95 Å². The highest BCUT2D eigenvalue weighted by molar-refractivity contribution is 5.83. The third-order valence-electron chi connectivity index (χ3n) is 1.80.